The quantitative estimate of drug-likeness (QED) is 0.800. The first kappa shape index (κ1) is 21.3. The number of anilines is 2. The number of hydrogen-bond acceptors (Lipinski definition) is 5. The van der Waals surface area contributed by atoms with Gasteiger partial charge < -0.3 is 15.1 Å². The molecule has 7 nitrogen and oxygen atoms in total. The van der Waals surface area contributed by atoms with Gasteiger partial charge >= 0.3 is 0 Å². The summed E-state index contributed by atoms with van der Waals surface area (Å²) >= 11 is 0. The van der Waals surface area contributed by atoms with Crippen molar-refractivity contribution >= 4 is 23.3 Å². The molecule has 7 heteroatoms. The maximum atomic E-state index is 12.9. The molecule has 1 aliphatic heterocycles. The standard InChI is InChI=1S/C24H31N5O2/c1-15(2)22-25-17(4)14-21(27-22)28-9-11-29(12-10-28)24(31)18-5-7-19(8-6-18)26-23(30)20-13-16(20)3/h5-8,14-16,20H,9-13H2,1-4H3,(H,26,30). The lowest BCUT2D eigenvalue weighted by molar-refractivity contribution is -0.117. The van der Waals surface area contributed by atoms with Gasteiger partial charge in [-0.1, -0.05) is 20.8 Å². The number of aryl methyl sites for hydroxylation is 1. The molecule has 1 saturated heterocycles. The van der Waals surface area contributed by atoms with Gasteiger partial charge in [-0.2, -0.15) is 0 Å². The molecule has 2 unspecified atom stereocenters. The first-order valence-corrected chi connectivity index (χ1v) is 11.1. The summed E-state index contributed by atoms with van der Waals surface area (Å²) in [6, 6.07) is 9.22. The van der Waals surface area contributed by atoms with E-state index in [0.717, 1.165) is 42.5 Å². The normalized spacial score (nSPS) is 20.7. The molecule has 2 aromatic rings. The molecular formula is C24H31N5O2. The highest BCUT2D eigenvalue weighted by atomic mass is 16.2. The average Bonchev–Trinajstić information content (AvgIpc) is 3.50. The first-order valence-electron chi connectivity index (χ1n) is 11.1. The molecule has 1 saturated carbocycles. The fraction of sp³-hybridized carbons (Fsp3) is 0.500. The van der Waals surface area contributed by atoms with Gasteiger partial charge in [0.25, 0.3) is 5.91 Å². The molecular weight excluding hydrogens is 390 g/mol. The van der Waals surface area contributed by atoms with E-state index in [9.17, 15) is 9.59 Å². The summed E-state index contributed by atoms with van der Waals surface area (Å²) in [6.07, 6.45) is 0.960. The van der Waals surface area contributed by atoms with Gasteiger partial charge in [0.05, 0.1) is 0 Å². The summed E-state index contributed by atoms with van der Waals surface area (Å²) in [5.41, 5.74) is 2.35. The van der Waals surface area contributed by atoms with Crippen molar-refractivity contribution in [1.29, 1.82) is 0 Å². The van der Waals surface area contributed by atoms with Crippen molar-refractivity contribution in [3.05, 3.63) is 47.4 Å². The van der Waals surface area contributed by atoms with Crippen LogP contribution in [-0.4, -0.2) is 52.9 Å². The number of piperazine rings is 1. The molecule has 0 radical (unpaired) electrons. The average molecular weight is 422 g/mol. The van der Waals surface area contributed by atoms with Gasteiger partial charge in [-0.05, 0) is 43.5 Å². The lowest BCUT2D eigenvalue weighted by Crippen LogP contribution is -2.49. The summed E-state index contributed by atoms with van der Waals surface area (Å²) < 4.78 is 0. The highest BCUT2D eigenvalue weighted by Gasteiger charge is 2.39. The van der Waals surface area contributed by atoms with Gasteiger partial charge in [-0.3, -0.25) is 9.59 Å². The lowest BCUT2D eigenvalue weighted by Gasteiger charge is -2.35. The predicted octanol–water partition coefficient (Wildman–Crippen LogP) is 3.47. The number of nitrogens with one attached hydrogen (secondary N) is 1. The van der Waals surface area contributed by atoms with Crippen LogP contribution in [0.25, 0.3) is 0 Å². The Morgan fingerprint density at radius 1 is 1.06 bits per heavy atom. The van der Waals surface area contributed by atoms with Crippen LogP contribution in [0, 0.1) is 18.8 Å². The van der Waals surface area contributed by atoms with E-state index in [1.165, 1.54) is 0 Å². The highest BCUT2D eigenvalue weighted by Crippen LogP contribution is 2.38. The fourth-order valence-electron chi connectivity index (χ4n) is 3.93. The van der Waals surface area contributed by atoms with Crippen LogP contribution in [0.1, 0.15) is 55.0 Å². The number of amides is 2. The number of carbonyl (C=O) groups excluding carboxylic acids is 2. The third-order valence-electron chi connectivity index (χ3n) is 6.11. The van der Waals surface area contributed by atoms with Gasteiger partial charge in [0.1, 0.15) is 11.6 Å². The maximum absolute atomic E-state index is 12.9. The monoisotopic (exact) mass is 421 g/mol. The second-order valence-corrected chi connectivity index (χ2v) is 9.05. The van der Waals surface area contributed by atoms with Crippen LogP contribution in [0.2, 0.25) is 0 Å². The van der Waals surface area contributed by atoms with Crippen molar-refractivity contribution in [2.75, 3.05) is 36.4 Å². The Labute approximate surface area is 183 Å². The number of benzene rings is 1. The van der Waals surface area contributed by atoms with E-state index in [0.29, 0.717) is 24.6 Å². The Morgan fingerprint density at radius 2 is 1.71 bits per heavy atom. The minimum atomic E-state index is 0.0232. The molecule has 2 amide bonds. The second kappa shape index (κ2) is 8.65. The van der Waals surface area contributed by atoms with Crippen molar-refractivity contribution in [2.45, 2.75) is 40.0 Å². The Morgan fingerprint density at radius 3 is 2.29 bits per heavy atom. The molecule has 1 aromatic heterocycles. The van der Waals surface area contributed by atoms with Gasteiger partial charge in [-0.15, -0.1) is 0 Å². The number of aromatic nitrogens is 2. The van der Waals surface area contributed by atoms with Crippen molar-refractivity contribution in [3.63, 3.8) is 0 Å². The van der Waals surface area contributed by atoms with Gasteiger partial charge in [0.2, 0.25) is 5.91 Å². The zero-order valence-corrected chi connectivity index (χ0v) is 18.8. The second-order valence-electron chi connectivity index (χ2n) is 9.05. The Bertz CT molecular complexity index is 964. The summed E-state index contributed by atoms with van der Waals surface area (Å²) in [4.78, 5) is 38.4. The van der Waals surface area contributed by atoms with E-state index in [2.05, 4.69) is 36.0 Å². The predicted molar refractivity (Wildman–Crippen MR) is 121 cm³/mol. The summed E-state index contributed by atoms with van der Waals surface area (Å²) in [5, 5.41) is 2.94. The van der Waals surface area contributed by atoms with Gasteiger partial charge in [0.15, 0.2) is 0 Å². The van der Waals surface area contributed by atoms with E-state index in [1.807, 2.05) is 30.0 Å². The largest absolute Gasteiger partial charge is 0.353 e. The van der Waals surface area contributed by atoms with E-state index in [1.54, 1.807) is 12.1 Å². The zero-order valence-electron chi connectivity index (χ0n) is 18.8. The lowest BCUT2D eigenvalue weighted by atomic mass is 10.1. The topological polar surface area (TPSA) is 78.4 Å². The van der Waals surface area contributed by atoms with Gasteiger partial charge in [0, 0.05) is 61.0 Å². The van der Waals surface area contributed by atoms with Crippen LogP contribution in [0.5, 0.6) is 0 Å². The molecule has 1 aromatic carbocycles. The number of carbonyl (C=O) groups is 2. The van der Waals surface area contributed by atoms with E-state index >= 15 is 0 Å². The molecule has 164 valence electrons. The van der Waals surface area contributed by atoms with Crippen molar-refractivity contribution in [2.24, 2.45) is 11.8 Å². The van der Waals surface area contributed by atoms with Crippen LogP contribution in [-0.2, 0) is 4.79 Å². The van der Waals surface area contributed by atoms with Crippen molar-refractivity contribution in [1.82, 2.24) is 14.9 Å². The van der Waals surface area contributed by atoms with Crippen molar-refractivity contribution in [3.8, 4) is 0 Å². The third-order valence-corrected chi connectivity index (χ3v) is 6.11. The molecule has 2 heterocycles. The fourth-order valence-corrected chi connectivity index (χ4v) is 3.93. The van der Waals surface area contributed by atoms with Crippen LogP contribution in [0.3, 0.4) is 0 Å². The molecule has 2 aliphatic rings. The van der Waals surface area contributed by atoms with E-state index in [4.69, 9.17) is 4.98 Å². The summed E-state index contributed by atoms with van der Waals surface area (Å²) in [7, 11) is 0. The molecule has 2 fully saturated rings. The molecule has 0 bridgehead atoms. The summed E-state index contributed by atoms with van der Waals surface area (Å²) in [6.45, 7) is 11.1. The minimum absolute atomic E-state index is 0.0232. The molecule has 4 rings (SSSR count). The SMILES string of the molecule is Cc1cc(N2CCN(C(=O)c3ccc(NC(=O)C4CC4C)cc3)CC2)nc(C(C)C)n1. The number of rotatable bonds is 5. The van der Waals surface area contributed by atoms with Crippen LogP contribution in [0.15, 0.2) is 30.3 Å². The molecule has 1 N–H and O–H groups in total. The summed E-state index contributed by atoms with van der Waals surface area (Å²) in [5.74, 6) is 2.78. The number of hydrogen-bond donors (Lipinski definition) is 1. The Balaban J connectivity index is 1.34. The smallest absolute Gasteiger partial charge is 0.253 e. The molecule has 2 atom stereocenters. The molecule has 31 heavy (non-hydrogen) atoms. The van der Waals surface area contributed by atoms with Crippen LogP contribution < -0.4 is 10.2 Å². The third kappa shape index (κ3) is 4.86. The van der Waals surface area contributed by atoms with E-state index < -0.39 is 0 Å². The van der Waals surface area contributed by atoms with E-state index in [-0.39, 0.29) is 23.7 Å². The van der Waals surface area contributed by atoms with Crippen LogP contribution >= 0.6 is 0 Å². The maximum Gasteiger partial charge on any atom is 0.253 e. The molecule has 1 aliphatic carbocycles. The Hall–Kier alpha value is -2.96. The molecule has 0 spiro atoms. The highest BCUT2D eigenvalue weighted by molar-refractivity contribution is 5.97. The zero-order chi connectivity index (χ0) is 22.1. The minimum Gasteiger partial charge on any atom is -0.353 e. The number of nitrogens with zero attached hydrogens (tertiary/aromatic N) is 4. The van der Waals surface area contributed by atoms with Crippen LogP contribution in [0.4, 0.5) is 11.5 Å². The van der Waals surface area contributed by atoms with Crippen molar-refractivity contribution < 1.29 is 9.59 Å². The van der Waals surface area contributed by atoms with Gasteiger partial charge in [-0.25, -0.2) is 9.97 Å². The Kier molecular flexibility index (Phi) is 5.94. The first-order chi connectivity index (χ1) is 14.8.